The van der Waals surface area contributed by atoms with Crippen LogP contribution in [0.3, 0.4) is 0 Å². The molecule has 22 heavy (non-hydrogen) atoms. The molecule has 1 aromatic carbocycles. The molecule has 1 aromatic rings. The molecule has 0 aromatic heterocycles. The lowest BCUT2D eigenvalue weighted by Gasteiger charge is -2.31. The van der Waals surface area contributed by atoms with E-state index in [0.29, 0.717) is 31.0 Å². The maximum absolute atomic E-state index is 13.7. The summed E-state index contributed by atoms with van der Waals surface area (Å²) in [6.45, 7) is 1.22. The Kier molecular flexibility index (Phi) is 4.34. The van der Waals surface area contributed by atoms with Crippen LogP contribution in [-0.2, 0) is 9.59 Å². The molecule has 1 N–H and O–H groups in total. The molecule has 4 nitrogen and oxygen atoms in total. The van der Waals surface area contributed by atoms with Gasteiger partial charge in [0.25, 0.3) is 0 Å². The van der Waals surface area contributed by atoms with Gasteiger partial charge in [-0.15, -0.1) is 0 Å². The third-order valence-electron chi connectivity index (χ3n) is 4.29. The molecule has 2 aliphatic rings. The largest absolute Gasteiger partial charge is 0.342 e. The van der Waals surface area contributed by atoms with Gasteiger partial charge in [-0.2, -0.15) is 0 Å². The van der Waals surface area contributed by atoms with Crippen LogP contribution in [0.1, 0.15) is 25.7 Å². The van der Waals surface area contributed by atoms with Crippen molar-refractivity contribution in [2.75, 3.05) is 18.4 Å². The molecule has 6 heteroatoms. The molecule has 3 rings (SSSR count). The maximum atomic E-state index is 13.7. The predicted octanol–water partition coefficient (Wildman–Crippen LogP) is 3.07. The van der Waals surface area contributed by atoms with Gasteiger partial charge in [0.15, 0.2) is 0 Å². The van der Waals surface area contributed by atoms with Gasteiger partial charge in [-0.05, 0) is 43.9 Å². The SMILES string of the molecule is O=C(Nc1ccc(Cl)cc1F)C1CCN(C(=O)C2CC2)CC1. The number of carbonyl (C=O) groups is 2. The lowest BCUT2D eigenvalue weighted by molar-refractivity contribution is -0.135. The van der Waals surface area contributed by atoms with Crippen molar-refractivity contribution in [3.05, 3.63) is 29.0 Å². The number of hydrogen-bond donors (Lipinski definition) is 1. The van der Waals surface area contributed by atoms with Crippen LogP contribution in [0.4, 0.5) is 10.1 Å². The molecule has 1 heterocycles. The summed E-state index contributed by atoms with van der Waals surface area (Å²) >= 11 is 5.69. The Morgan fingerprint density at radius 1 is 1.14 bits per heavy atom. The zero-order valence-electron chi connectivity index (χ0n) is 12.1. The lowest BCUT2D eigenvalue weighted by Crippen LogP contribution is -2.42. The number of likely N-dealkylation sites (tertiary alicyclic amines) is 1. The predicted molar refractivity (Wildman–Crippen MR) is 82.1 cm³/mol. The number of amides is 2. The number of nitrogens with zero attached hydrogens (tertiary/aromatic N) is 1. The molecule has 2 fully saturated rings. The quantitative estimate of drug-likeness (QED) is 0.929. The minimum absolute atomic E-state index is 0.144. The highest BCUT2D eigenvalue weighted by Crippen LogP contribution is 2.32. The van der Waals surface area contributed by atoms with E-state index in [-0.39, 0.29) is 29.3 Å². The monoisotopic (exact) mass is 324 g/mol. The average Bonchev–Trinajstić information content (AvgIpc) is 3.34. The smallest absolute Gasteiger partial charge is 0.227 e. The topological polar surface area (TPSA) is 49.4 Å². The number of benzene rings is 1. The fourth-order valence-electron chi connectivity index (χ4n) is 2.78. The standard InChI is InChI=1S/C16H18ClFN2O2/c17-12-3-4-14(13(18)9-12)19-15(21)10-5-7-20(8-6-10)16(22)11-1-2-11/h3-4,9-11H,1-2,5-8H2,(H,19,21). The van der Waals surface area contributed by atoms with Crippen molar-refractivity contribution in [1.82, 2.24) is 4.90 Å². The summed E-state index contributed by atoms with van der Waals surface area (Å²) in [5.41, 5.74) is 0.144. The molecule has 0 atom stereocenters. The van der Waals surface area contributed by atoms with Crippen LogP contribution in [0.15, 0.2) is 18.2 Å². The van der Waals surface area contributed by atoms with E-state index < -0.39 is 5.82 Å². The number of hydrogen-bond acceptors (Lipinski definition) is 2. The second-order valence-corrected chi connectivity index (χ2v) is 6.42. The Balaban J connectivity index is 1.54. The van der Waals surface area contributed by atoms with E-state index in [1.54, 1.807) is 0 Å². The molecule has 0 radical (unpaired) electrons. The molecule has 2 amide bonds. The maximum Gasteiger partial charge on any atom is 0.227 e. The second-order valence-electron chi connectivity index (χ2n) is 5.99. The molecule has 1 saturated carbocycles. The first-order chi connectivity index (χ1) is 10.5. The van der Waals surface area contributed by atoms with Crippen LogP contribution < -0.4 is 5.32 Å². The minimum Gasteiger partial charge on any atom is -0.342 e. The molecule has 0 bridgehead atoms. The van der Waals surface area contributed by atoms with E-state index >= 15 is 0 Å². The van der Waals surface area contributed by atoms with Crippen molar-refractivity contribution in [3.8, 4) is 0 Å². The highest BCUT2D eigenvalue weighted by Gasteiger charge is 2.36. The van der Waals surface area contributed by atoms with Gasteiger partial charge >= 0.3 is 0 Å². The van der Waals surface area contributed by atoms with E-state index in [9.17, 15) is 14.0 Å². The van der Waals surface area contributed by atoms with Crippen molar-refractivity contribution >= 4 is 29.1 Å². The van der Waals surface area contributed by atoms with Gasteiger partial charge in [-0.25, -0.2) is 4.39 Å². The zero-order chi connectivity index (χ0) is 15.7. The summed E-state index contributed by atoms with van der Waals surface area (Å²) in [6.07, 6.45) is 3.24. The van der Waals surface area contributed by atoms with Crippen molar-refractivity contribution in [3.63, 3.8) is 0 Å². The van der Waals surface area contributed by atoms with E-state index in [4.69, 9.17) is 11.6 Å². The molecule has 1 aliphatic carbocycles. The third kappa shape index (κ3) is 3.40. The Labute approximate surface area is 133 Å². The van der Waals surface area contributed by atoms with Crippen LogP contribution in [0.2, 0.25) is 5.02 Å². The summed E-state index contributed by atoms with van der Waals surface area (Å²) in [5, 5.41) is 2.90. The number of rotatable bonds is 3. The van der Waals surface area contributed by atoms with E-state index in [0.717, 1.165) is 12.8 Å². The summed E-state index contributed by atoms with van der Waals surface area (Å²) in [4.78, 5) is 26.0. The summed E-state index contributed by atoms with van der Waals surface area (Å²) in [5.74, 6) is -0.476. The highest BCUT2D eigenvalue weighted by atomic mass is 35.5. The fourth-order valence-corrected chi connectivity index (χ4v) is 2.93. The molecule has 118 valence electrons. The van der Waals surface area contributed by atoms with Gasteiger partial charge in [-0.3, -0.25) is 9.59 Å². The lowest BCUT2D eigenvalue weighted by atomic mass is 9.95. The fraction of sp³-hybridized carbons (Fsp3) is 0.500. The average molecular weight is 325 g/mol. The summed E-state index contributed by atoms with van der Waals surface area (Å²) < 4.78 is 13.7. The van der Waals surface area contributed by atoms with E-state index in [1.807, 2.05) is 4.90 Å². The first-order valence-corrected chi connectivity index (χ1v) is 7.97. The first kappa shape index (κ1) is 15.3. The van der Waals surface area contributed by atoms with Gasteiger partial charge in [0.2, 0.25) is 11.8 Å². The van der Waals surface area contributed by atoms with Crippen LogP contribution >= 0.6 is 11.6 Å². The van der Waals surface area contributed by atoms with Crippen LogP contribution in [-0.4, -0.2) is 29.8 Å². The minimum atomic E-state index is -0.540. The number of nitrogens with one attached hydrogen (secondary N) is 1. The van der Waals surface area contributed by atoms with Gasteiger partial charge in [0.1, 0.15) is 5.82 Å². The number of halogens is 2. The Morgan fingerprint density at radius 3 is 2.41 bits per heavy atom. The van der Waals surface area contributed by atoms with Gasteiger partial charge in [0.05, 0.1) is 5.69 Å². The summed E-state index contributed by atoms with van der Waals surface area (Å²) in [7, 11) is 0. The van der Waals surface area contributed by atoms with Crippen molar-refractivity contribution in [2.24, 2.45) is 11.8 Å². The Bertz CT molecular complexity index is 596. The normalized spacial score (nSPS) is 19.1. The van der Waals surface area contributed by atoms with E-state index in [1.165, 1.54) is 18.2 Å². The molecular formula is C16H18ClFN2O2. The van der Waals surface area contributed by atoms with Gasteiger partial charge < -0.3 is 10.2 Å². The summed E-state index contributed by atoms with van der Waals surface area (Å²) in [6, 6.07) is 4.17. The van der Waals surface area contributed by atoms with Crippen molar-refractivity contribution in [1.29, 1.82) is 0 Å². The van der Waals surface area contributed by atoms with Gasteiger partial charge in [-0.1, -0.05) is 11.6 Å². The Hall–Kier alpha value is -1.62. The molecule has 1 saturated heterocycles. The molecule has 1 aliphatic heterocycles. The second kappa shape index (κ2) is 6.24. The zero-order valence-corrected chi connectivity index (χ0v) is 12.9. The van der Waals surface area contributed by atoms with Crippen LogP contribution in [0.25, 0.3) is 0 Å². The number of piperidine rings is 1. The number of carbonyl (C=O) groups excluding carboxylic acids is 2. The van der Waals surface area contributed by atoms with Gasteiger partial charge in [0, 0.05) is 29.9 Å². The third-order valence-corrected chi connectivity index (χ3v) is 4.53. The van der Waals surface area contributed by atoms with Crippen molar-refractivity contribution < 1.29 is 14.0 Å². The molecule has 0 unspecified atom stereocenters. The Morgan fingerprint density at radius 2 is 1.82 bits per heavy atom. The molecule has 0 spiro atoms. The van der Waals surface area contributed by atoms with Crippen LogP contribution in [0, 0.1) is 17.7 Å². The van der Waals surface area contributed by atoms with E-state index in [2.05, 4.69) is 5.32 Å². The number of anilines is 1. The highest BCUT2D eigenvalue weighted by molar-refractivity contribution is 6.30. The van der Waals surface area contributed by atoms with Crippen molar-refractivity contribution in [2.45, 2.75) is 25.7 Å². The first-order valence-electron chi connectivity index (χ1n) is 7.59. The molecular weight excluding hydrogens is 307 g/mol. The van der Waals surface area contributed by atoms with Crippen LogP contribution in [0.5, 0.6) is 0 Å².